The van der Waals surface area contributed by atoms with E-state index in [9.17, 15) is 5.26 Å². The fourth-order valence-corrected chi connectivity index (χ4v) is 2.24. The first-order valence-corrected chi connectivity index (χ1v) is 7.46. The van der Waals surface area contributed by atoms with Crippen molar-refractivity contribution in [2.75, 3.05) is 26.2 Å². The lowest BCUT2D eigenvalue weighted by Gasteiger charge is -2.30. The molecule has 0 radical (unpaired) electrons. The van der Waals surface area contributed by atoms with Gasteiger partial charge in [-0.1, -0.05) is 41.0 Å². The Hall–Kier alpha value is -0.590. The van der Waals surface area contributed by atoms with Crippen LogP contribution in [0.25, 0.3) is 0 Å². The van der Waals surface area contributed by atoms with Crippen molar-refractivity contribution in [3.05, 3.63) is 0 Å². The summed E-state index contributed by atoms with van der Waals surface area (Å²) >= 11 is 0. The average molecular weight is 253 g/mol. The number of nitrogens with one attached hydrogen (secondary N) is 1. The van der Waals surface area contributed by atoms with Gasteiger partial charge in [0.1, 0.15) is 5.54 Å². The Balaban J connectivity index is 4.31. The zero-order chi connectivity index (χ0) is 14.0. The third-order valence-electron chi connectivity index (χ3n) is 4.00. The molecule has 0 rings (SSSR count). The fourth-order valence-electron chi connectivity index (χ4n) is 2.24. The van der Waals surface area contributed by atoms with Crippen LogP contribution in [0.1, 0.15) is 53.9 Å². The molecule has 3 nitrogen and oxygen atoms in total. The van der Waals surface area contributed by atoms with E-state index < -0.39 is 0 Å². The fraction of sp³-hybridized carbons (Fsp3) is 0.933. The van der Waals surface area contributed by atoms with Crippen LogP contribution in [0, 0.1) is 17.2 Å². The molecule has 0 fully saturated rings. The molecular formula is C15H31N3. The predicted molar refractivity (Wildman–Crippen MR) is 78.5 cm³/mol. The Labute approximate surface area is 114 Å². The number of nitriles is 1. The van der Waals surface area contributed by atoms with Gasteiger partial charge in [0.25, 0.3) is 0 Å². The van der Waals surface area contributed by atoms with Gasteiger partial charge in [0.05, 0.1) is 6.07 Å². The van der Waals surface area contributed by atoms with Gasteiger partial charge in [-0.2, -0.15) is 5.26 Å². The highest BCUT2D eigenvalue weighted by Gasteiger charge is 2.28. The summed E-state index contributed by atoms with van der Waals surface area (Å²) in [6, 6.07) is 2.51. The molecular weight excluding hydrogens is 222 g/mol. The van der Waals surface area contributed by atoms with Crippen LogP contribution in [0.15, 0.2) is 0 Å². The summed E-state index contributed by atoms with van der Waals surface area (Å²) in [5.41, 5.74) is -0.331. The molecule has 2 atom stereocenters. The summed E-state index contributed by atoms with van der Waals surface area (Å²) in [4.78, 5) is 2.38. The lowest BCUT2D eigenvalue weighted by Crippen LogP contribution is -2.47. The third-order valence-corrected chi connectivity index (χ3v) is 4.00. The minimum atomic E-state index is -0.331. The van der Waals surface area contributed by atoms with Crippen molar-refractivity contribution in [3.63, 3.8) is 0 Å². The minimum absolute atomic E-state index is 0.331. The summed E-state index contributed by atoms with van der Waals surface area (Å²) in [5, 5.41) is 13.0. The summed E-state index contributed by atoms with van der Waals surface area (Å²) in [6.07, 6.45) is 2.97. The molecule has 1 N–H and O–H groups in total. The largest absolute Gasteiger partial charge is 0.303 e. The zero-order valence-electron chi connectivity index (χ0n) is 12.9. The first-order chi connectivity index (χ1) is 8.57. The second-order valence-corrected chi connectivity index (χ2v) is 5.22. The number of nitrogens with zero attached hydrogens (tertiary/aromatic N) is 2. The summed E-state index contributed by atoms with van der Waals surface area (Å²) in [6.45, 7) is 15.0. The Morgan fingerprint density at radius 1 is 1.22 bits per heavy atom. The summed E-state index contributed by atoms with van der Waals surface area (Å²) < 4.78 is 0. The van der Waals surface area contributed by atoms with Gasteiger partial charge in [0, 0.05) is 13.1 Å². The average Bonchev–Trinajstić information content (AvgIpc) is 2.42. The van der Waals surface area contributed by atoms with E-state index >= 15 is 0 Å². The minimum Gasteiger partial charge on any atom is -0.303 e. The zero-order valence-corrected chi connectivity index (χ0v) is 12.9. The van der Waals surface area contributed by atoms with Gasteiger partial charge in [0.2, 0.25) is 0 Å². The number of hydrogen-bond donors (Lipinski definition) is 1. The van der Waals surface area contributed by atoms with Crippen molar-refractivity contribution < 1.29 is 0 Å². The van der Waals surface area contributed by atoms with Crippen LogP contribution >= 0.6 is 0 Å². The Morgan fingerprint density at radius 3 is 2.22 bits per heavy atom. The third kappa shape index (κ3) is 5.84. The Morgan fingerprint density at radius 2 is 1.83 bits per heavy atom. The predicted octanol–water partition coefficient (Wildman–Crippen LogP) is 3.03. The van der Waals surface area contributed by atoms with Gasteiger partial charge in [-0.05, 0) is 31.8 Å². The molecule has 2 unspecified atom stereocenters. The molecule has 0 amide bonds. The van der Waals surface area contributed by atoms with E-state index in [0.717, 1.165) is 45.4 Å². The maximum Gasteiger partial charge on any atom is 0.106 e. The van der Waals surface area contributed by atoms with Gasteiger partial charge >= 0.3 is 0 Å². The Kier molecular flexibility index (Phi) is 9.05. The molecule has 106 valence electrons. The molecule has 0 aliphatic carbocycles. The van der Waals surface area contributed by atoms with E-state index in [1.54, 1.807) is 0 Å². The van der Waals surface area contributed by atoms with E-state index in [1.165, 1.54) is 0 Å². The van der Waals surface area contributed by atoms with Crippen molar-refractivity contribution in [2.45, 2.75) is 59.4 Å². The number of likely N-dealkylation sites (N-methyl/N-ethyl adjacent to an activating group) is 1. The molecule has 0 heterocycles. The molecule has 0 saturated heterocycles. The molecule has 0 saturated carbocycles. The van der Waals surface area contributed by atoms with Crippen LogP contribution in [0.3, 0.4) is 0 Å². The topological polar surface area (TPSA) is 39.1 Å². The van der Waals surface area contributed by atoms with Crippen molar-refractivity contribution in [1.82, 2.24) is 10.2 Å². The molecule has 18 heavy (non-hydrogen) atoms. The van der Waals surface area contributed by atoms with Crippen molar-refractivity contribution in [1.29, 1.82) is 5.26 Å². The summed E-state index contributed by atoms with van der Waals surface area (Å²) in [7, 11) is 0. The highest BCUT2D eigenvalue weighted by atomic mass is 15.1. The maximum absolute atomic E-state index is 9.47. The molecule has 3 heteroatoms. The van der Waals surface area contributed by atoms with Crippen LogP contribution < -0.4 is 5.32 Å². The van der Waals surface area contributed by atoms with Crippen LogP contribution in [0.4, 0.5) is 0 Å². The van der Waals surface area contributed by atoms with Crippen LogP contribution in [0.5, 0.6) is 0 Å². The molecule has 0 aliphatic heterocycles. The normalized spacial score (nSPS) is 16.3. The summed E-state index contributed by atoms with van der Waals surface area (Å²) in [5.74, 6) is 0.602. The van der Waals surface area contributed by atoms with E-state index in [4.69, 9.17) is 0 Å². The molecule has 0 bridgehead atoms. The van der Waals surface area contributed by atoms with Crippen molar-refractivity contribution in [2.24, 2.45) is 5.92 Å². The molecule has 0 aromatic heterocycles. The van der Waals surface area contributed by atoms with Gasteiger partial charge in [-0.15, -0.1) is 0 Å². The standard InChI is InChI=1S/C15H31N3/c1-6-14(5)12-15(7-2,13-16)17-10-11-18(8-3)9-4/h14,17H,6-12H2,1-5H3. The second-order valence-electron chi connectivity index (χ2n) is 5.22. The number of rotatable bonds is 10. The van der Waals surface area contributed by atoms with Gasteiger partial charge in [0.15, 0.2) is 0 Å². The van der Waals surface area contributed by atoms with Crippen LogP contribution in [-0.4, -0.2) is 36.6 Å². The first-order valence-electron chi connectivity index (χ1n) is 7.46. The SMILES string of the molecule is CCC(C)CC(C#N)(CC)NCCN(CC)CC. The monoisotopic (exact) mass is 253 g/mol. The van der Waals surface area contributed by atoms with E-state index in [0.29, 0.717) is 5.92 Å². The lowest BCUT2D eigenvalue weighted by atomic mass is 9.86. The molecule has 0 aromatic carbocycles. The maximum atomic E-state index is 9.47. The quantitative estimate of drug-likeness (QED) is 0.650. The highest BCUT2D eigenvalue weighted by molar-refractivity contribution is 5.06. The van der Waals surface area contributed by atoms with Crippen LogP contribution in [0.2, 0.25) is 0 Å². The molecule has 0 aliphatic rings. The lowest BCUT2D eigenvalue weighted by molar-refractivity contribution is 0.264. The molecule has 0 spiro atoms. The number of hydrogen-bond acceptors (Lipinski definition) is 3. The van der Waals surface area contributed by atoms with Crippen molar-refractivity contribution in [3.8, 4) is 6.07 Å². The van der Waals surface area contributed by atoms with Gasteiger partial charge < -0.3 is 4.90 Å². The first kappa shape index (κ1) is 17.4. The van der Waals surface area contributed by atoms with E-state index in [2.05, 4.69) is 50.9 Å². The van der Waals surface area contributed by atoms with Crippen LogP contribution in [-0.2, 0) is 0 Å². The smallest absolute Gasteiger partial charge is 0.106 e. The van der Waals surface area contributed by atoms with E-state index in [-0.39, 0.29) is 5.54 Å². The van der Waals surface area contributed by atoms with Gasteiger partial charge in [-0.3, -0.25) is 5.32 Å². The van der Waals surface area contributed by atoms with E-state index in [1.807, 2.05) is 0 Å². The van der Waals surface area contributed by atoms with Gasteiger partial charge in [-0.25, -0.2) is 0 Å². The Bertz CT molecular complexity index is 243. The second kappa shape index (κ2) is 9.35. The molecule has 0 aromatic rings. The highest BCUT2D eigenvalue weighted by Crippen LogP contribution is 2.22. The van der Waals surface area contributed by atoms with Crippen molar-refractivity contribution >= 4 is 0 Å².